The summed E-state index contributed by atoms with van der Waals surface area (Å²) < 4.78 is 0. The van der Waals surface area contributed by atoms with E-state index in [0.717, 1.165) is 38.8 Å². The predicted octanol–water partition coefficient (Wildman–Crippen LogP) is 0.391. The van der Waals surface area contributed by atoms with Gasteiger partial charge in [-0.15, -0.1) is 0 Å². The minimum atomic E-state index is 0.0801. The van der Waals surface area contributed by atoms with Gasteiger partial charge in [0.2, 0.25) is 0 Å². The lowest BCUT2D eigenvalue weighted by Crippen LogP contribution is -2.46. The minimum Gasteiger partial charge on any atom is -0.330 e. The summed E-state index contributed by atoms with van der Waals surface area (Å²) >= 11 is 0. The molecule has 98 valence electrons. The van der Waals surface area contributed by atoms with Crippen LogP contribution in [0.2, 0.25) is 0 Å². The van der Waals surface area contributed by atoms with Gasteiger partial charge in [0.05, 0.1) is 0 Å². The Morgan fingerprint density at radius 2 is 1.56 bits per heavy atom. The van der Waals surface area contributed by atoms with Gasteiger partial charge in [-0.2, -0.15) is 0 Å². The molecule has 4 atom stereocenters. The second-order valence-electron chi connectivity index (χ2n) is 5.07. The maximum Gasteiger partial charge on any atom is 0.0218 e. The highest BCUT2D eigenvalue weighted by atomic mass is 14.8. The molecule has 0 aliphatic rings. The number of hydrogen-bond acceptors (Lipinski definition) is 4. The lowest BCUT2D eigenvalue weighted by Gasteiger charge is -2.26. The number of nitrogens with two attached hydrogens (primary N) is 4. The van der Waals surface area contributed by atoms with E-state index in [0.29, 0.717) is 11.8 Å². The number of rotatable bonds is 9. The van der Waals surface area contributed by atoms with E-state index in [-0.39, 0.29) is 12.1 Å². The van der Waals surface area contributed by atoms with Gasteiger partial charge in [0, 0.05) is 12.1 Å². The zero-order valence-electron chi connectivity index (χ0n) is 10.9. The van der Waals surface area contributed by atoms with Crippen LogP contribution >= 0.6 is 0 Å². The van der Waals surface area contributed by atoms with E-state index in [1.807, 2.05) is 0 Å². The van der Waals surface area contributed by atoms with E-state index in [9.17, 15) is 0 Å². The monoisotopic (exact) mass is 230 g/mol. The first-order chi connectivity index (χ1) is 7.52. The zero-order valence-corrected chi connectivity index (χ0v) is 10.9. The van der Waals surface area contributed by atoms with E-state index < -0.39 is 0 Å². The topological polar surface area (TPSA) is 104 Å². The van der Waals surface area contributed by atoms with E-state index in [1.54, 1.807) is 0 Å². The Kier molecular flexibility index (Phi) is 8.84. The lowest BCUT2D eigenvalue weighted by atomic mass is 9.88. The van der Waals surface area contributed by atoms with Crippen molar-refractivity contribution in [1.29, 1.82) is 0 Å². The van der Waals surface area contributed by atoms with Crippen molar-refractivity contribution < 1.29 is 0 Å². The highest BCUT2D eigenvalue weighted by Crippen LogP contribution is 2.15. The van der Waals surface area contributed by atoms with Crippen LogP contribution in [0.3, 0.4) is 0 Å². The maximum atomic E-state index is 6.13. The first kappa shape index (κ1) is 15.8. The molecule has 0 rings (SSSR count). The van der Waals surface area contributed by atoms with Gasteiger partial charge in [-0.05, 0) is 50.6 Å². The molecule has 16 heavy (non-hydrogen) atoms. The largest absolute Gasteiger partial charge is 0.330 e. The molecule has 4 nitrogen and oxygen atoms in total. The van der Waals surface area contributed by atoms with Gasteiger partial charge in [0.25, 0.3) is 0 Å². The first-order valence-corrected chi connectivity index (χ1v) is 6.44. The quantitative estimate of drug-likeness (QED) is 0.460. The summed E-state index contributed by atoms with van der Waals surface area (Å²) in [7, 11) is 0. The van der Waals surface area contributed by atoms with Crippen LogP contribution in [0.25, 0.3) is 0 Å². The molecule has 0 amide bonds. The van der Waals surface area contributed by atoms with Gasteiger partial charge >= 0.3 is 0 Å². The third-order valence-corrected chi connectivity index (χ3v) is 3.41. The summed E-state index contributed by atoms with van der Waals surface area (Å²) in [6, 6.07) is 0.165. The highest BCUT2D eigenvalue weighted by molar-refractivity contribution is 4.81. The molecule has 0 heterocycles. The molecule has 0 aliphatic heterocycles. The van der Waals surface area contributed by atoms with Crippen molar-refractivity contribution in [3.05, 3.63) is 0 Å². The SMILES string of the molecule is CC(CN)CCC(N)C(N)C(C)CCCN. The molecule has 0 saturated carbocycles. The van der Waals surface area contributed by atoms with Gasteiger partial charge in [0.15, 0.2) is 0 Å². The van der Waals surface area contributed by atoms with Gasteiger partial charge in [0.1, 0.15) is 0 Å². The lowest BCUT2D eigenvalue weighted by molar-refractivity contribution is 0.337. The third-order valence-electron chi connectivity index (χ3n) is 3.41. The molecule has 4 heteroatoms. The predicted molar refractivity (Wildman–Crippen MR) is 70.9 cm³/mol. The maximum absolute atomic E-state index is 6.13. The Balaban J connectivity index is 3.82. The van der Waals surface area contributed by atoms with E-state index in [2.05, 4.69) is 13.8 Å². The molecule has 0 spiro atoms. The molecule has 0 saturated heterocycles. The molecule has 0 radical (unpaired) electrons. The molecule has 0 aromatic carbocycles. The molecule has 0 fully saturated rings. The average Bonchev–Trinajstić information content (AvgIpc) is 2.31. The minimum absolute atomic E-state index is 0.0801. The van der Waals surface area contributed by atoms with Gasteiger partial charge < -0.3 is 22.9 Å². The third kappa shape index (κ3) is 6.43. The molecule has 8 N–H and O–H groups in total. The average molecular weight is 230 g/mol. The zero-order chi connectivity index (χ0) is 12.6. The molecule has 0 aliphatic carbocycles. The Labute approximate surface area is 100 Å². The van der Waals surface area contributed by atoms with Crippen molar-refractivity contribution in [3.8, 4) is 0 Å². The van der Waals surface area contributed by atoms with Crippen molar-refractivity contribution in [1.82, 2.24) is 0 Å². The fraction of sp³-hybridized carbons (Fsp3) is 1.00. The summed E-state index contributed by atoms with van der Waals surface area (Å²) in [5.74, 6) is 0.990. The molecule has 0 bridgehead atoms. The molecule has 0 aromatic rings. The van der Waals surface area contributed by atoms with Crippen LogP contribution in [0.5, 0.6) is 0 Å². The fourth-order valence-electron chi connectivity index (χ4n) is 1.84. The van der Waals surface area contributed by atoms with Crippen molar-refractivity contribution in [3.63, 3.8) is 0 Å². The van der Waals surface area contributed by atoms with Crippen LogP contribution in [-0.4, -0.2) is 25.2 Å². The van der Waals surface area contributed by atoms with Crippen LogP contribution in [0, 0.1) is 11.8 Å². The smallest absolute Gasteiger partial charge is 0.0218 e. The molecule has 0 aromatic heterocycles. The number of hydrogen-bond donors (Lipinski definition) is 4. The summed E-state index contributed by atoms with van der Waals surface area (Å²) in [6.07, 6.45) is 4.13. The van der Waals surface area contributed by atoms with Crippen molar-refractivity contribution >= 4 is 0 Å². The molecular formula is C12H30N4. The van der Waals surface area contributed by atoms with Crippen LogP contribution in [0.1, 0.15) is 39.5 Å². The van der Waals surface area contributed by atoms with Gasteiger partial charge in [-0.1, -0.05) is 13.8 Å². The van der Waals surface area contributed by atoms with Crippen molar-refractivity contribution in [2.75, 3.05) is 13.1 Å². The summed E-state index contributed by atoms with van der Waals surface area (Å²) in [4.78, 5) is 0. The summed E-state index contributed by atoms with van der Waals surface area (Å²) in [6.45, 7) is 5.77. The van der Waals surface area contributed by atoms with Crippen LogP contribution in [0.4, 0.5) is 0 Å². The van der Waals surface area contributed by atoms with Gasteiger partial charge in [-0.25, -0.2) is 0 Å². The second kappa shape index (κ2) is 8.93. The second-order valence-corrected chi connectivity index (χ2v) is 5.07. The fourth-order valence-corrected chi connectivity index (χ4v) is 1.84. The Morgan fingerprint density at radius 1 is 0.938 bits per heavy atom. The Bertz CT molecular complexity index is 163. The van der Waals surface area contributed by atoms with Crippen molar-refractivity contribution in [2.24, 2.45) is 34.8 Å². The van der Waals surface area contributed by atoms with Crippen molar-refractivity contribution in [2.45, 2.75) is 51.6 Å². The summed E-state index contributed by atoms with van der Waals surface area (Å²) in [5.41, 5.74) is 23.3. The molecular weight excluding hydrogens is 200 g/mol. The van der Waals surface area contributed by atoms with Gasteiger partial charge in [-0.3, -0.25) is 0 Å². The highest BCUT2D eigenvalue weighted by Gasteiger charge is 2.19. The van der Waals surface area contributed by atoms with Crippen LogP contribution in [0.15, 0.2) is 0 Å². The van der Waals surface area contributed by atoms with E-state index >= 15 is 0 Å². The van der Waals surface area contributed by atoms with E-state index in [4.69, 9.17) is 22.9 Å². The van der Waals surface area contributed by atoms with Crippen LogP contribution in [-0.2, 0) is 0 Å². The molecule has 4 unspecified atom stereocenters. The van der Waals surface area contributed by atoms with E-state index in [1.165, 1.54) is 0 Å². The van der Waals surface area contributed by atoms with Crippen LogP contribution < -0.4 is 22.9 Å². The summed E-state index contributed by atoms with van der Waals surface area (Å²) in [5, 5.41) is 0. The standard InChI is InChI=1S/C12H30N4/c1-9(8-14)5-6-11(15)12(16)10(2)4-3-7-13/h9-12H,3-8,13-16H2,1-2H3. The Morgan fingerprint density at radius 3 is 2.06 bits per heavy atom. The first-order valence-electron chi connectivity index (χ1n) is 6.44. The Hall–Kier alpha value is -0.160. The normalized spacial score (nSPS) is 19.1.